The van der Waals surface area contributed by atoms with Gasteiger partial charge in [-0.1, -0.05) is 61.2 Å². The molecule has 6 heteroatoms. The molecular formula is C26H31N3O2S. The second-order valence-electron chi connectivity index (χ2n) is 8.61. The number of carbonyl (C=O) groups is 2. The molecule has 2 aliphatic heterocycles. The van der Waals surface area contributed by atoms with Gasteiger partial charge < -0.3 is 10.2 Å². The van der Waals surface area contributed by atoms with Crippen LogP contribution < -0.4 is 10.2 Å². The Balaban J connectivity index is 1.36. The van der Waals surface area contributed by atoms with Crippen LogP contribution in [0, 0.1) is 5.92 Å². The van der Waals surface area contributed by atoms with Crippen molar-refractivity contribution in [2.45, 2.75) is 31.1 Å². The lowest BCUT2D eigenvalue weighted by Crippen LogP contribution is -2.43. The lowest BCUT2D eigenvalue weighted by Gasteiger charge is -2.30. The van der Waals surface area contributed by atoms with E-state index in [9.17, 15) is 9.59 Å². The Labute approximate surface area is 194 Å². The predicted molar refractivity (Wildman–Crippen MR) is 132 cm³/mol. The number of rotatable bonds is 7. The predicted octanol–water partition coefficient (Wildman–Crippen LogP) is 4.40. The Morgan fingerprint density at radius 1 is 1.09 bits per heavy atom. The highest BCUT2D eigenvalue weighted by atomic mass is 32.2. The zero-order valence-corrected chi connectivity index (χ0v) is 19.4. The van der Waals surface area contributed by atoms with Crippen molar-refractivity contribution in [2.24, 2.45) is 5.92 Å². The summed E-state index contributed by atoms with van der Waals surface area (Å²) >= 11 is 1.46. The molecule has 0 radical (unpaired) electrons. The third-order valence-electron chi connectivity index (χ3n) is 6.08. The molecular weight excluding hydrogens is 418 g/mol. The normalized spacial score (nSPS) is 18.6. The first-order valence-corrected chi connectivity index (χ1v) is 12.3. The van der Waals surface area contributed by atoms with Crippen molar-refractivity contribution in [3.8, 4) is 0 Å². The Morgan fingerprint density at radius 2 is 1.81 bits per heavy atom. The summed E-state index contributed by atoms with van der Waals surface area (Å²) in [5.74, 6) is 0.580. The molecule has 32 heavy (non-hydrogen) atoms. The highest BCUT2D eigenvalue weighted by Gasteiger charge is 2.30. The monoisotopic (exact) mass is 449 g/mol. The van der Waals surface area contributed by atoms with Gasteiger partial charge in [0.05, 0.1) is 10.6 Å². The summed E-state index contributed by atoms with van der Waals surface area (Å²) in [6.45, 7) is 6.31. The zero-order chi connectivity index (χ0) is 22.3. The van der Waals surface area contributed by atoms with E-state index in [1.807, 2.05) is 60.7 Å². The number of fused-ring (bicyclic) bond motifs is 1. The minimum Gasteiger partial charge on any atom is -0.355 e. The number of para-hydroxylation sites is 1. The van der Waals surface area contributed by atoms with E-state index in [2.05, 4.69) is 17.1 Å². The van der Waals surface area contributed by atoms with Crippen molar-refractivity contribution in [2.75, 3.05) is 37.6 Å². The SMILES string of the molecule is CC1CCN(CCCNC(=O)CN2C(=O)C(=Cc3ccccc3)Sc3ccccc32)CC1. The van der Waals surface area contributed by atoms with Crippen LogP contribution in [0.3, 0.4) is 0 Å². The average Bonchev–Trinajstić information content (AvgIpc) is 2.81. The van der Waals surface area contributed by atoms with Crippen LogP contribution >= 0.6 is 11.8 Å². The Kier molecular flexibility index (Phi) is 7.66. The number of thioether (sulfide) groups is 1. The molecule has 168 valence electrons. The third-order valence-corrected chi connectivity index (χ3v) is 7.16. The number of nitrogens with zero attached hydrogens (tertiary/aromatic N) is 2. The molecule has 0 aliphatic carbocycles. The van der Waals surface area contributed by atoms with Crippen molar-refractivity contribution < 1.29 is 9.59 Å². The van der Waals surface area contributed by atoms with E-state index in [1.54, 1.807) is 4.90 Å². The van der Waals surface area contributed by atoms with Gasteiger partial charge in [-0.3, -0.25) is 14.5 Å². The van der Waals surface area contributed by atoms with Gasteiger partial charge in [0.1, 0.15) is 6.54 Å². The van der Waals surface area contributed by atoms with Crippen LogP contribution in [0.4, 0.5) is 5.69 Å². The van der Waals surface area contributed by atoms with Crippen molar-refractivity contribution in [1.29, 1.82) is 0 Å². The summed E-state index contributed by atoms with van der Waals surface area (Å²) in [5.41, 5.74) is 1.77. The van der Waals surface area contributed by atoms with Gasteiger partial charge in [-0.2, -0.15) is 0 Å². The van der Waals surface area contributed by atoms with E-state index in [0.29, 0.717) is 11.4 Å². The molecule has 2 aliphatic rings. The van der Waals surface area contributed by atoms with Gasteiger partial charge in [-0.25, -0.2) is 0 Å². The molecule has 1 saturated heterocycles. The van der Waals surface area contributed by atoms with Gasteiger partial charge in [0, 0.05) is 11.4 Å². The van der Waals surface area contributed by atoms with E-state index in [-0.39, 0.29) is 18.4 Å². The molecule has 2 aromatic rings. The summed E-state index contributed by atoms with van der Waals surface area (Å²) in [4.78, 5) is 31.6. The average molecular weight is 450 g/mol. The molecule has 2 heterocycles. The lowest BCUT2D eigenvalue weighted by atomic mass is 9.99. The fourth-order valence-corrected chi connectivity index (χ4v) is 5.19. The molecule has 5 nitrogen and oxygen atoms in total. The first-order valence-electron chi connectivity index (χ1n) is 11.4. The molecule has 2 aromatic carbocycles. The number of amides is 2. The molecule has 0 unspecified atom stereocenters. The van der Waals surface area contributed by atoms with Gasteiger partial charge in [-0.05, 0) is 68.6 Å². The first-order chi connectivity index (χ1) is 15.6. The fraction of sp³-hybridized carbons (Fsp3) is 0.385. The van der Waals surface area contributed by atoms with Crippen LogP contribution in [0.1, 0.15) is 31.7 Å². The lowest BCUT2D eigenvalue weighted by molar-refractivity contribution is -0.122. The maximum atomic E-state index is 13.2. The number of anilines is 1. The van der Waals surface area contributed by atoms with E-state index < -0.39 is 0 Å². The molecule has 0 saturated carbocycles. The van der Waals surface area contributed by atoms with Crippen molar-refractivity contribution in [3.63, 3.8) is 0 Å². The number of hydrogen-bond donors (Lipinski definition) is 1. The molecule has 0 spiro atoms. The number of piperidine rings is 1. The summed E-state index contributed by atoms with van der Waals surface area (Å²) in [7, 11) is 0. The third kappa shape index (κ3) is 5.81. The van der Waals surface area contributed by atoms with Crippen molar-refractivity contribution in [1.82, 2.24) is 10.2 Å². The molecule has 1 N–H and O–H groups in total. The van der Waals surface area contributed by atoms with Crippen molar-refractivity contribution in [3.05, 3.63) is 65.1 Å². The minimum absolute atomic E-state index is 0.0315. The Hall–Kier alpha value is -2.57. The second kappa shape index (κ2) is 10.8. The number of nitrogens with one attached hydrogen (secondary N) is 1. The smallest absolute Gasteiger partial charge is 0.265 e. The molecule has 1 fully saturated rings. The number of benzene rings is 2. The Bertz CT molecular complexity index is 968. The van der Waals surface area contributed by atoms with Crippen LogP contribution in [0.5, 0.6) is 0 Å². The van der Waals surface area contributed by atoms with E-state index in [1.165, 1.54) is 24.6 Å². The molecule has 0 aromatic heterocycles. The summed E-state index contributed by atoms with van der Waals surface area (Å²) in [6.07, 6.45) is 5.35. The minimum atomic E-state index is -0.130. The Morgan fingerprint density at radius 3 is 2.59 bits per heavy atom. The van der Waals surface area contributed by atoms with E-state index >= 15 is 0 Å². The van der Waals surface area contributed by atoms with Gasteiger partial charge in [0.15, 0.2) is 0 Å². The number of likely N-dealkylation sites (tertiary alicyclic amines) is 1. The van der Waals surface area contributed by atoms with Gasteiger partial charge in [0.25, 0.3) is 5.91 Å². The first kappa shape index (κ1) is 22.6. The molecule has 0 atom stereocenters. The van der Waals surface area contributed by atoms with Crippen LogP contribution in [0.15, 0.2) is 64.4 Å². The molecule has 0 bridgehead atoms. The summed E-state index contributed by atoms with van der Waals surface area (Å²) < 4.78 is 0. The van der Waals surface area contributed by atoms with Crippen LogP contribution in [0.25, 0.3) is 6.08 Å². The maximum absolute atomic E-state index is 13.2. The maximum Gasteiger partial charge on any atom is 0.265 e. The highest BCUT2D eigenvalue weighted by molar-refractivity contribution is 8.04. The molecule has 4 rings (SSSR count). The van der Waals surface area contributed by atoms with Gasteiger partial charge in [-0.15, -0.1) is 0 Å². The standard InChI is InChI=1S/C26H31N3O2S/c1-20-12-16-28(17-13-20)15-7-14-27-25(30)19-29-22-10-5-6-11-23(22)32-24(26(29)31)18-21-8-3-2-4-9-21/h2-6,8-11,18,20H,7,12-17,19H2,1H3,(H,27,30). The van der Waals surface area contributed by atoms with E-state index in [0.717, 1.165) is 48.1 Å². The van der Waals surface area contributed by atoms with Crippen LogP contribution in [-0.2, 0) is 9.59 Å². The van der Waals surface area contributed by atoms with Gasteiger partial charge in [0.2, 0.25) is 5.91 Å². The summed E-state index contributed by atoms with van der Waals surface area (Å²) in [6, 6.07) is 17.6. The fourth-order valence-electron chi connectivity index (χ4n) is 4.14. The van der Waals surface area contributed by atoms with E-state index in [4.69, 9.17) is 0 Å². The van der Waals surface area contributed by atoms with Gasteiger partial charge >= 0.3 is 0 Å². The zero-order valence-electron chi connectivity index (χ0n) is 18.6. The number of hydrogen-bond acceptors (Lipinski definition) is 4. The molecule has 2 amide bonds. The quantitative estimate of drug-likeness (QED) is 0.503. The summed E-state index contributed by atoms with van der Waals surface area (Å²) in [5, 5.41) is 3.01. The largest absolute Gasteiger partial charge is 0.355 e. The highest BCUT2D eigenvalue weighted by Crippen LogP contribution is 2.41. The topological polar surface area (TPSA) is 52.7 Å². The second-order valence-corrected chi connectivity index (χ2v) is 9.69. The van der Waals surface area contributed by atoms with Crippen LogP contribution in [-0.4, -0.2) is 49.4 Å². The van der Waals surface area contributed by atoms with Crippen molar-refractivity contribution >= 4 is 35.3 Å². The van der Waals surface area contributed by atoms with Crippen LogP contribution in [0.2, 0.25) is 0 Å². The number of carbonyl (C=O) groups excluding carboxylic acids is 2.